The van der Waals surface area contributed by atoms with E-state index >= 15 is 0 Å². The van der Waals surface area contributed by atoms with Crippen molar-refractivity contribution in [1.29, 1.82) is 0 Å². The minimum absolute atomic E-state index is 0.0373. The van der Waals surface area contributed by atoms with Crippen LogP contribution in [0.5, 0.6) is 0 Å². The van der Waals surface area contributed by atoms with Crippen LogP contribution < -0.4 is 5.32 Å². The lowest BCUT2D eigenvalue weighted by Crippen LogP contribution is -2.41. The molecule has 1 fully saturated rings. The van der Waals surface area contributed by atoms with Gasteiger partial charge in [-0.3, -0.25) is 14.5 Å². The summed E-state index contributed by atoms with van der Waals surface area (Å²) in [5, 5.41) is 3.23. The van der Waals surface area contributed by atoms with Crippen LogP contribution in [0.2, 0.25) is 5.02 Å². The van der Waals surface area contributed by atoms with Crippen LogP contribution in [0.25, 0.3) is 0 Å². The molecule has 0 spiro atoms. The zero-order valence-corrected chi connectivity index (χ0v) is 14.8. The molecule has 134 valence electrons. The van der Waals surface area contributed by atoms with Crippen LogP contribution in [0, 0.1) is 0 Å². The Balaban J connectivity index is 1.64. The SMILES string of the molecule is CC1(c2ccccc2)NC(=O)N(CC(=O)OCc2ccc(Cl)cc2)C1=O. The molecule has 0 aromatic heterocycles. The number of ether oxygens (including phenoxy) is 1. The Bertz CT molecular complexity index is 838. The monoisotopic (exact) mass is 372 g/mol. The van der Waals surface area contributed by atoms with Gasteiger partial charge in [0, 0.05) is 5.02 Å². The fourth-order valence-electron chi connectivity index (χ4n) is 2.73. The molecule has 0 saturated carbocycles. The first-order chi connectivity index (χ1) is 12.4. The first-order valence-electron chi connectivity index (χ1n) is 8.00. The second-order valence-corrected chi connectivity index (χ2v) is 6.54. The van der Waals surface area contributed by atoms with Crippen molar-refractivity contribution in [2.45, 2.75) is 19.1 Å². The number of amides is 3. The molecular weight excluding hydrogens is 356 g/mol. The fourth-order valence-corrected chi connectivity index (χ4v) is 2.85. The lowest BCUT2D eigenvalue weighted by atomic mass is 9.92. The maximum Gasteiger partial charge on any atom is 0.326 e. The van der Waals surface area contributed by atoms with Gasteiger partial charge in [-0.2, -0.15) is 0 Å². The van der Waals surface area contributed by atoms with Crippen LogP contribution >= 0.6 is 11.6 Å². The largest absolute Gasteiger partial charge is 0.459 e. The number of carbonyl (C=O) groups is 3. The van der Waals surface area contributed by atoms with E-state index < -0.39 is 30.0 Å². The van der Waals surface area contributed by atoms with Gasteiger partial charge in [0.2, 0.25) is 0 Å². The van der Waals surface area contributed by atoms with Crippen molar-refractivity contribution in [2.75, 3.05) is 6.54 Å². The number of imide groups is 1. The Kier molecular flexibility index (Phi) is 4.95. The quantitative estimate of drug-likeness (QED) is 0.646. The number of halogens is 1. The van der Waals surface area contributed by atoms with Crippen molar-refractivity contribution in [2.24, 2.45) is 0 Å². The molecule has 3 amide bonds. The molecule has 0 radical (unpaired) electrons. The predicted molar refractivity (Wildman–Crippen MR) is 95.3 cm³/mol. The third-order valence-electron chi connectivity index (χ3n) is 4.23. The average Bonchev–Trinajstić information content (AvgIpc) is 2.86. The third kappa shape index (κ3) is 3.55. The number of benzene rings is 2. The first kappa shape index (κ1) is 17.9. The summed E-state index contributed by atoms with van der Waals surface area (Å²) in [6.07, 6.45) is 0. The second kappa shape index (κ2) is 7.17. The maximum atomic E-state index is 12.7. The molecule has 3 rings (SSSR count). The second-order valence-electron chi connectivity index (χ2n) is 6.10. The third-order valence-corrected chi connectivity index (χ3v) is 4.48. The summed E-state index contributed by atoms with van der Waals surface area (Å²) in [4.78, 5) is 37.8. The smallest absolute Gasteiger partial charge is 0.326 e. The molecule has 2 aromatic carbocycles. The number of hydrogen-bond donors (Lipinski definition) is 1. The zero-order valence-electron chi connectivity index (χ0n) is 14.1. The zero-order chi connectivity index (χ0) is 18.7. The molecule has 1 saturated heterocycles. The minimum Gasteiger partial charge on any atom is -0.459 e. The van der Waals surface area contributed by atoms with E-state index in [1.165, 1.54) is 0 Å². The van der Waals surface area contributed by atoms with Crippen molar-refractivity contribution in [3.63, 3.8) is 0 Å². The summed E-state index contributed by atoms with van der Waals surface area (Å²) in [6, 6.07) is 15.1. The molecule has 0 aliphatic carbocycles. The van der Waals surface area contributed by atoms with E-state index in [1.54, 1.807) is 55.5 Å². The summed E-state index contributed by atoms with van der Waals surface area (Å²) in [6.45, 7) is 1.21. The van der Waals surface area contributed by atoms with Crippen LogP contribution in [0.4, 0.5) is 4.79 Å². The van der Waals surface area contributed by atoms with E-state index in [-0.39, 0.29) is 6.61 Å². The molecule has 1 heterocycles. The van der Waals surface area contributed by atoms with E-state index in [1.807, 2.05) is 6.07 Å². The van der Waals surface area contributed by atoms with Crippen molar-refractivity contribution in [1.82, 2.24) is 10.2 Å². The highest BCUT2D eigenvalue weighted by atomic mass is 35.5. The molecular formula is C19H17ClN2O4. The number of esters is 1. The Labute approximate surface area is 155 Å². The van der Waals surface area contributed by atoms with Gasteiger partial charge in [-0.1, -0.05) is 54.1 Å². The topological polar surface area (TPSA) is 75.7 Å². The fraction of sp³-hybridized carbons (Fsp3) is 0.211. The molecule has 1 atom stereocenters. The molecule has 0 bridgehead atoms. The van der Waals surface area contributed by atoms with Crippen LogP contribution in [0.3, 0.4) is 0 Å². The van der Waals surface area contributed by atoms with Gasteiger partial charge in [-0.05, 0) is 30.2 Å². The maximum absolute atomic E-state index is 12.7. The molecule has 6 nitrogen and oxygen atoms in total. The number of nitrogens with zero attached hydrogens (tertiary/aromatic N) is 1. The van der Waals surface area contributed by atoms with Gasteiger partial charge < -0.3 is 10.1 Å². The van der Waals surface area contributed by atoms with Crippen LogP contribution in [-0.4, -0.2) is 29.4 Å². The van der Waals surface area contributed by atoms with Gasteiger partial charge in [0.05, 0.1) is 0 Å². The highest BCUT2D eigenvalue weighted by Gasteiger charge is 2.49. The van der Waals surface area contributed by atoms with Gasteiger partial charge in [-0.25, -0.2) is 4.79 Å². The van der Waals surface area contributed by atoms with Crippen LogP contribution in [0.1, 0.15) is 18.1 Å². The average molecular weight is 373 g/mol. The van der Waals surface area contributed by atoms with Crippen molar-refractivity contribution < 1.29 is 19.1 Å². The van der Waals surface area contributed by atoms with Gasteiger partial charge in [-0.15, -0.1) is 0 Å². The Morgan fingerprint density at radius 3 is 2.42 bits per heavy atom. The molecule has 1 aliphatic rings. The number of urea groups is 1. The van der Waals surface area contributed by atoms with E-state index in [0.29, 0.717) is 10.6 Å². The van der Waals surface area contributed by atoms with E-state index in [0.717, 1.165) is 10.5 Å². The minimum atomic E-state index is -1.20. The molecule has 1 unspecified atom stereocenters. The van der Waals surface area contributed by atoms with E-state index in [4.69, 9.17) is 16.3 Å². The van der Waals surface area contributed by atoms with Crippen molar-refractivity contribution in [3.05, 3.63) is 70.7 Å². The summed E-state index contributed by atoms with van der Waals surface area (Å²) < 4.78 is 5.14. The number of carbonyl (C=O) groups excluding carboxylic acids is 3. The lowest BCUT2D eigenvalue weighted by Gasteiger charge is -2.21. The molecule has 7 heteroatoms. The van der Waals surface area contributed by atoms with E-state index in [2.05, 4.69) is 5.32 Å². The van der Waals surface area contributed by atoms with Gasteiger partial charge in [0.25, 0.3) is 5.91 Å². The highest BCUT2D eigenvalue weighted by Crippen LogP contribution is 2.28. The van der Waals surface area contributed by atoms with Gasteiger partial charge in [0.1, 0.15) is 18.7 Å². The molecule has 26 heavy (non-hydrogen) atoms. The summed E-state index contributed by atoms with van der Waals surface area (Å²) >= 11 is 5.80. The highest BCUT2D eigenvalue weighted by molar-refractivity contribution is 6.30. The summed E-state index contributed by atoms with van der Waals surface area (Å²) in [7, 11) is 0. The summed E-state index contributed by atoms with van der Waals surface area (Å²) in [5.74, 6) is -1.15. The number of rotatable bonds is 5. The molecule has 1 N–H and O–H groups in total. The normalized spacial score (nSPS) is 19.4. The lowest BCUT2D eigenvalue weighted by molar-refractivity contribution is -0.148. The Morgan fingerprint density at radius 2 is 1.77 bits per heavy atom. The van der Waals surface area contributed by atoms with Crippen LogP contribution in [0.15, 0.2) is 54.6 Å². The van der Waals surface area contributed by atoms with Gasteiger partial charge in [0.15, 0.2) is 0 Å². The molecule has 2 aromatic rings. The number of hydrogen-bond acceptors (Lipinski definition) is 4. The van der Waals surface area contributed by atoms with Crippen molar-refractivity contribution >= 4 is 29.5 Å². The standard InChI is InChI=1S/C19H17ClN2O4/c1-19(14-5-3-2-4-6-14)17(24)22(18(25)21-19)11-16(23)26-12-13-7-9-15(20)10-8-13/h2-10H,11-12H2,1H3,(H,21,25). The Morgan fingerprint density at radius 1 is 1.12 bits per heavy atom. The van der Waals surface area contributed by atoms with Gasteiger partial charge >= 0.3 is 12.0 Å². The number of nitrogens with one attached hydrogen (secondary N) is 1. The Hall–Kier alpha value is -2.86. The molecule has 1 aliphatic heterocycles. The predicted octanol–water partition coefficient (Wildman–Crippen LogP) is 2.85. The van der Waals surface area contributed by atoms with E-state index in [9.17, 15) is 14.4 Å². The first-order valence-corrected chi connectivity index (χ1v) is 8.37. The summed E-state index contributed by atoms with van der Waals surface area (Å²) in [5.41, 5.74) is 0.207. The van der Waals surface area contributed by atoms with Crippen LogP contribution in [-0.2, 0) is 26.5 Å². The van der Waals surface area contributed by atoms with Crippen molar-refractivity contribution in [3.8, 4) is 0 Å².